The molecule has 1 aromatic heterocycles. The van der Waals surface area contributed by atoms with Crippen LogP contribution in [-0.4, -0.2) is 27.3 Å². The van der Waals surface area contributed by atoms with Crippen LogP contribution in [0.15, 0.2) is 48.5 Å². The fraction of sp³-hybridized carbons (Fsp3) is 0.348. The molecule has 1 amide bonds. The minimum absolute atomic E-state index is 0.0765. The van der Waals surface area contributed by atoms with E-state index in [4.69, 9.17) is 4.74 Å². The molecule has 158 valence electrons. The second kappa shape index (κ2) is 8.65. The molecule has 1 N–H and O–H groups in total. The van der Waals surface area contributed by atoms with Crippen molar-refractivity contribution in [2.75, 3.05) is 11.9 Å². The SMILES string of the molecule is CC(C)COc1nc(-c2ccccc2F)n(-c2ccc(NC(=O)C(C)(C)C)cc2)n1. The second-order valence-electron chi connectivity index (χ2n) is 8.57. The van der Waals surface area contributed by atoms with Crippen molar-refractivity contribution in [3.05, 3.63) is 54.3 Å². The van der Waals surface area contributed by atoms with Crippen molar-refractivity contribution in [2.24, 2.45) is 11.3 Å². The highest BCUT2D eigenvalue weighted by Gasteiger charge is 2.21. The van der Waals surface area contributed by atoms with Crippen LogP contribution < -0.4 is 10.1 Å². The zero-order chi connectivity index (χ0) is 21.9. The molecule has 3 aromatic rings. The molecular weight excluding hydrogens is 383 g/mol. The van der Waals surface area contributed by atoms with Crippen molar-refractivity contribution < 1.29 is 13.9 Å². The van der Waals surface area contributed by atoms with Gasteiger partial charge in [-0.05, 0) is 42.3 Å². The van der Waals surface area contributed by atoms with Gasteiger partial charge in [-0.15, -0.1) is 5.10 Å². The smallest absolute Gasteiger partial charge is 0.336 e. The average Bonchev–Trinajstić information content (AvgIpc) is 3.10. The van der Waals surface area contributed by atoms with Crippen LogP contribution in [0.1, 0.15) is 34.6 Å². The van der Waals surface area contributed by atoms with Crippen LogP contribution in [0.3, 0.4) is 0 Å². The summed E-state index contributed by atoms with van der Waals surface area (Å²) in [5.41, 5.74) is 1.18. The number of carbonyl (C=O) groups excluding carboxylic acids is 1. The molecule has 0 atom stereocenters. The summed E-state index contributed by atoms with van der Waals surface area (Å²) < 4.78 is 21.7. The van der Waals surface area contributed by atoms with Gasteiger partial charge in [0.2, 0.25) is 5.91 Å². The highest BCUT2D eigenvalue weighted by Crippen LogP contribution is 2.27. The van der Waals surface area contributed by atoms with E-state index in [2.05, 4.69) is 15.4 Å². The summed E-state index contributed by atoms with van der Waals surface area (Å²) in [7, 11) is 0. The van der Waals surface area contributed by atoms with Crippen LogP contribution in [-0.2, 0) is 4.79 Å². The number of rotatable bonds is 6. The topological polar surface area (TPSA) is 69.0 Å². The maximum Gasteiger partial charge on any atom is 0.336 e. The van der Waals surface area contributed by atoms with Crippen LogP contribution >= 0.6 is 0 Å². The van der Waals surface area contributed by atoms with Gasteiger partial charge in [0.25, 0.3) is 0 Å². The molecule has 0 fully saturated rings. The Balaban J connectivity index is 1.95. The first-order valence-electron chi connectivity index (χ1n) is 9.92. The lowest BCUT2D eigenvalue weighted by Gasteiger charge is -2.17. The summed E-state index contributed by atoms with van der Waals surface area (Å²) >= 11 is 0. The summed E-state index contributed by atoms with van der Waals surface area (Å²) in [4.78, 5) is 16.6. The summed E-state index contributed by atoms with van der Waals surface area (Å²) in [6.45, 7) is 10.1. The molecule has 6 nitrogen and oxygen atoms in total. The minimum Gasteiger partial charge on any atom is -0.462 e. The fourth-order valence-corrected chi connectivity index (χ4v) is 2.60. The number of carbonyl (C=O) groups is 1. The standard InChI is InChI=1S/C23H27FN4O2/c1-15(2)14-30-22-26-20(18-8-6-7-9-19(18)24)28(27-22)17-12-10-16(11-13-17)25-21(29)23(3,4)5/h6-13,15H,14H2,1-5H3,(H,25,29). The predicted molar refractivity (Wildman–Crippen MR) is 115 cm³/mol. The highest BCUT2D eigenvalue weighted by atomic mass is 19.1. The van der Waals surface area contributed by atoms with Crippen molar-refractivity contribution in [3.63, 3.8) is 0 Å². The van der Waals surface area contributed by atoms with Crippen LogP contribution in [0.2, 0.25) is 0 Å². The summed E-state index contributed by atoms with van der Waals surface area (Å²) in [5.74, 6) is 0.181. The number of nitrogens with one attached hydrogen (secondary N) is 1. The van der Waals surface area contributed by atoms with Crippen molar-refractivity contribution >= 4 is 11.6 Å². The number of amides is 1. The first kappa shape index (κ1) is 21.5. The van der Waals surface area contributed by atoms with Gasteiger partial charge >= 0.3 is 6.01 Å². The van der Waals surface area contributed by atoms with Crippen LogP contribution in [0.25, 0.3) is 17.1 Å². The van der Waals surface area contributed by atoms with Crippen LogP contribution in [0.4, 0.5) is 10.1 Å². The molecule has 0 radical (unpaired) electrons. The number of hydrogen-bond donors (Lipinski definition) is 1. The minimum atomic E-state index is -0.495. The largest absolute Gasteiger partial charge is 0.462 e. The Morgan fingerprint density at radius 2 is 1.80 bits per heavy atom. The first-order chi connectivity index (χ1) is 14.1. The van der Waals surface area contributed by atoms with Crippen LogP contribution in [0, 0.1) is 17.2 Å². The van der Waals surface area contributed by atoms with Crippen molar-refractivity contribution in [3.8, 4) is 23.1 Å². The third-order valence-corrected chi connectivity index (χ3v) is 4.30. The molecule has 0 unspecified atom stereocenters. The zero-order valence-electron chi connectivity index (χ0n) is 17.9. The van der Waals surface area contributed by atoms with E-state index in [0.717, 1.165) is 0 Å². The molecule has 1 heterocycles. The van der Waals surface area contributed by atoms with Gasteiger partial charge in [0, 0.05) is 11.1 Å². The fourth-order valence-electron chi connectivity index (χ4n) is 2.60. The van der Waals surface area contributed by atoms with Gasteiger partial charge in [-0.1, -0.05) is 46.8 Å². The zero-order valence-corrected chi connectivity index (χ0v) is 17.9. The number of benzene rings is 2. The molecule has 0 bridgehead atoms. The van der Waals surface area contributed by atoms with Gasteiger partial charge < -0.3 is 10.1 Å². The normalized spacial score (nSPS) is 11.6. The van der Waals surface area contributed by atoms with E-state index in [1.807, 2.05) is 34.6 Å². The number of anilines is 1. The highest BCUT2D eigenvalue weighted by molar-refractivity contribution is 5.94. The van der Waals surface area contributed by atoms with Gasteiger partial charge in [-0.3, -0.25) is 4.79 Å². The van der Waals surface area contributed by atoms with E-state index in [1.165, 1.54) is 6.07 Å². The first-order valence-corrected chi connectivity index (χ1v) is 9.92. The van der Waals surface area contributed by atoms with Gasteiger partial charge in [0.15, 0.2) is 5.82 Å². The van der Waals surface area contributed by atoms with Gasteiger partial charge in [-0.2, -0.15) is 4.98 Å². The lowest BCUT2D eigenvalue weighted by molar-refractivity contribution is -0.123. The van der Waals surface area contributed by atoms with Crippen molar-refractivity contribution in [2.45, 2.75) is 34.6 Å². The third-order valence-electron chi connectivity index (χ3n) is 4.30. The molecule has 2 aromatic carbocycles. The van der Waals surface area contributed by atoms with Crippen molar-refractivity contribution in [1.29, 1.82) is 0 Å². The molecule has 7 heteroatoms. The van der Waals surface area contributed by atoms with Gasteiger partial charge in [0.05, 0.1) is 17.9 Å². The number of nitrogens with zero attached hydrogens (tertiary/aromatic N) is 3. The molecule has 0 aliphatic rings. The van der Waals surface area contributed by atoms with E-state index >= 15 is 0 Å². The molecule has 3 rings (SSSR count). The summed E-state index contributed by atoms with van der Waals surface area (Å²) in [5, 5.41) is 7.31. The molecule has 0 aliphatic heterocycles. The predicted octanol–water partition coefficient (Wildman–Crippen LogP) is 5.09. The Kier molecular flexibility index (Phi) is 6.20. The second-order valence-corrected chi connectivity index (χ2v) is 8.57. The lowest BCUT2D eigenvalue weighted by atomic mass is 9.95. The van der Waals surface area contributed by atoms with E-state index in [9.17, 15) is 9.18 Å². The maximum atomic E-state index is 14.4. The Hall–Kier alpha value is -3.22. The summed E-state index contributed by atoms with van der Waals surface area (Å²) in [6, 6.07) is 13.7. The number of halogens is 1. The van der Waals surface area contributed by atoms with Gasteiger partial charge in [-0.25, -0.2) is 9.07 Å². The Morgan fingerprint density at radius 3 is 2.40 bits per heavy atom. The molecule has 0 saturated carbocycles. The van der Waals surface area contributed by atoms with Crippen LogP contribution in [0.5, 0.6) is 6.01 Å². The lowest BCUT2D eigenvalue weighted by Crippen LogP contribution is -2.27. The molecule has 30 heavy (non-hydrogen) atoms. The van der Waals surface area contributed by atoms with E-state index in [1.54, 1.807) is 47.1 Å². The molecule has 0 spiro atoms. The Morgan fingerprint density at radius 1 is 1.13 bits per heavy atom. The molecular formula is C23H27FN4O2. The number of hydrogen-bond acceptors (Lipinski definition) is 4. The molecule has 0 aliphatic carbocycles. The van der Waals surface area contributed by atoms with E-state index in [-0.39, 0.29) is 11.9 Å². The third kappa shape index (κ3) is 5.03. The quantitative estimate of drug-likeness (QED) is 0.614. The van der Waals surface area contributed by atoms with Gasteiger partial charge in [0.1, 0.15) is 5.82 Å². The molecule has 0 saturated heterocycles. The van der Waals surface area contributed by atoms with E-state index < -0.39 is 11.2 Å². The van der Waals surface area contributed by atoms with Crippen molar-refractivity contribution in [1.82, 2.24) is 14.8 Å². The maximum absolute atomic E-state index is 14.4. The summed E-state index contributed by atoms with van der Waals surface area (Å²) in [6.07, 6.45) is 0. The number of aromatic nitrogens is 3. The Bertz CT molecular complexity index is 1020. The Labute approximate surface area is 176 Å². The van der Waals surface area contributed by atoms with E-state index in [0.29, 0.717) is 35.3 Å². The monoisotopic (exact) mass is 410 g/mol. The number of ether oxygens (including phenoxy) is 1. The average molecular weight is 410 g/mol.